The minimum atomic E-state index is -0.454. The fourth-order valence-corrected chi connectivity index (χ4v) is 2.56. The molecule has 1 atom stereocenters. The van der Waals surface area contributed by atoms with Gasteiger partial charge in [0.25, 0.3) is 0 Å². The van der Waals surface area contributed by atoms with Crippen molar-refractivity contribution in [3.63, 3.8) is 0 Å². The van der Waals surface area contributed by atoms with Crippen molar-refractivity contribution in [2.75, 3.05) is 6.61 Å². The van der Waals surface area contributed by atoms with Crippen LogP contribution in [0.2, 0.25) is 0 Å². The zero-order valence-electron chi connectivity index (χ0n) is 14.6. The monoisotopic (exact) mass is 296 g/mol. The number of carbonyl (C=O) groups is 1. The summed E-state index contributed by atoms with van der Waals surface area (Å²) in [6, 6.07) is 0. The summed E-state index contributed by atoms with van der Waals surface area (Å²) in [7, 11) is 0. The van der Waals surface area contributed by atoms with Crippen LogP contribution >= 0.6 is 0 Å². The highest BCUT2D eigenvalue weighted by atomic mass is 16.6. The molecule has 1 aliphatic carbocycles. The van der Waals surface area contributed by atoms with Gasteiger partial charge in [-0.1, -0.05) is 33.3 Å². The van der Waals surface area contributed by atoms with Gasteiger partial charge in [-0.05, 0) is 51.5 Å². The Kier molecular flexibility index (Phi) is 6.92. The van der Waals surface area contributed by atoms with Crippen molar-refractivity contribution in [2.24, 2.45) is 11.8 Å². The van der Waals surface area contributed by atoms with Gasteiger partial charge in [0.1, 0.15) is 6.61 Å². The summed E-state index contributed by atoms with van der Waals surface area (Å²) in [5.74, 6) is 0.592. The van der Waals surface area contributed by atoms with Crippen LogP contribution < -0.4 is 0 Å². The summed E-state index contributed by atoms with van der Waals surface area (Å²) < 4.78 is 11.6. The largest absolute Gasteiger partial charge is 0.462 e. The number of esters is 1. The van der Waals surface area contributed by atoms with Crippen LogP contribution in [-0.4, -0.2) is 24.3 Å². The fourth-order valence-electron chi connectivity index (χ4n) is 2.56. The van der Waals surface area contributed by atoms with Crippen molar-refractivity contribution in [1.29, 1.82) is 0 Å². The molecule has 0 bridgehead atoms. The highest BCUT2D eigenvalue weighted by Gasteiger charge is 2.30. The lowest BCUT2D eigenvalue weighted by molar-refractivity contribution is -0.163. The van der Waals surface area contributed by atoms with Crippen molar-refractivity contribution in [1.82, 2.24) is 0 Å². The van der Waals surface area contributed by atoms with Crippen LogP contribution in [0.3, 0.4) is 0 Å². The molecule has 1 rings (SSSR count). The first-order valence-corrected chi connectivity index (χ1v) is 8.30. The van der Waals surface area contributed by atoms with E-state index in [-0.39, 0.29) is 18.0 Å². The number of carbonyl (C=O) groups excluding carboxylic acids is 1. The third kappa shape index (κ3) is 6.21. The Hall–Kier alpha value is -0.830. The molecule has 0 amide bonds. The molecule has 0 radical (unpaired) electrons. The molecule has 0 aromatic carbocycles. The van der Waals surface area contributed by atoms with Gasteiger partial charge in [0.15, 0.2) is 0 Å². The summed E-state index contributed by atoms with van der Waals surface area (Å²) in [6.45, 7) is 12.9. The van der Waals surface area contributed by atoms with Crippen molar-refractivity contribution < 1.29 is 14.3 Å². The molecule has 3 heteroatoms. The van der Waals surface area contributed by atoms with Gasteiger partial charge in [-0.3, -0.25) is 4.79 Å². The van der Waals surface area contributed by atoms with Crippen LogP contribution in [-0.2, 0) is 14.3 Å². The summed E-state index contributed by atoms with van der Waals surface area (Å²) in [4.78, 5) is 11.8. The molecule has 0 spiro atoms. The standard InChI is InChI=1S/C18H32O3/c1-7-15(11-13(2)3)14(4)21-18(5,6)12-20-17(19)16-9-8-10-16/h11,13-14,16H,7-10,12H2,1-6H3/b15-11+/t14-/m1/s1. The van der Waals surface area contributed by atoms with Crippen LogP contribution in [0.25, 0.3) is 0 Å². The van der Waals surface area contributed by atoms with Crippen LogP contribution in [0.4, 0.5) is 0 Å². The van der Waals surface area contributed by atoms with E-state index < -0.39 is 5.60 Å². The predicted molar refractivity (Wildman–Crippen MR) is 86.1 cm³/mol. The number of ether oxygens (including phenoxy) is 2. The molecule has 1 saturated carbocycles. The van der Waals surface area contributed by atoms with E-state index in [1.165, 1.54) is 5.57 Å². The number of hydrogen-bond donors (Lipinski definition) is 0. The van der Waals surface area contributed by atoms with E-state index in [1.54, 1.807) is 0 Å². The fraction of sp³-hybridized carbons (Fsp3) is 0.833. The van der Waals surface area contributed by atoms with Crippen molar-refractivity contribution in [3.8, 4) is 0 Å². The molecule has 0 aliphatic heterocycles. The molecule has 21 heavy (non-hydrogen) atoms. The molecule has 1 aliphatic rings. The van der Waals surface area contributed by atoms with Gasteiger partial charge >= 0.3 is 5.97 Å². The van der Waals surface area contributed by atoms with E-state index in [2.05, 4.69) is 33.8 Å². The molecular weight excluding hydrogens is 264 g/mol. The first-order chi connectivity index (χ1) is 9.75. The third-order valence-electron chi connectivity index (χ3n) is 3.97. The van der Waals surface area contributed by atoms with Crippen LogP contribution in [0.5, 0.6) is 0 Å². The SMILES string of the molecule is CC/C(=C\C(C)C)[C@@H](C)OC(C)(C)COC(=O)C1CCC1. The summed E-state index contributed by atoms with van der Waals surface area (Å²) in [5.41, 5.74) is 0.854. The maximum Gasteiger partial charge on any atom is 0.309 e. The van der Waals surface area contributed by atoms with Gasteiger partial charge in [0.2, 0.25) is 0 Å². The number of hydrogen-bond acceptors (Lipinski definition) is 3. The van der Waals surface area contributed by atoms with E-state index in [0.29, 0.717) is 12.5 Å². The Morgan fingerprint density at radius 3 is 2.33 bits per heavy atom. The highest BCUT2D eigenvalue weighted by molar-refractivity contribution is 5.73. The normalized spacial score (nSPS) is 18.5. The minimum absolute atomic E-state index is 0.0507. The molecule has 122 valence electrons. The zero-order valence-corrected chi connectivity index (χ0v) is 14.6. The quantitative estimate of drug-likeness (QED) is 0.488. The zero-order chi connectivity index (χ0) is 16.0. The van der Waals surface area contributed by atoms with E-state index in [9.17, 15) is 4.79 Å². The number of rotatable bonds is 8. The smallest absolute Gasteiger partial charge is 0.309 e. The Morgan fingerprint density at radius 2 is 1.90 bits per heavy atom. The summed E-state index contributed by atoms with van der Waals surface area (Å²) in [6.07, 6.45) is 6.41. The van der Waals surface area contributed by atoms with E-state index >= 15 is 0 Å². The van der Waals surface area contributed by atoms with Gasteiger partial charge in [-0.2, -0.15) is 0 Å². The average Bonchev–Trinajstić information content (AvgIpc) is 2.30. The van der Waals surface area contributed by atoms with Gasteiger partial charge in [0, 0.05) is 0 Å². The lowest BCUT2D eigenvalue weighted by atomic mass is 9.86. The molecular formula is C18H32O3. The van der Waals surface area contributed by atoms with E-state index in [4.69, 9.17) is 9.47 Å². The molecule has 0 heterocycles. The Bertz CT molecular complexity index is 365. The second-order valence-electron chi connectivity index (χ2n) is 7.09. The van der Waals surface area contributed by atoms with E-state index in [1.807, 2.05) is 13.8 Å². The first-order valence-electron chi connectivity index (χ1n) is 8.30. The Labute approximate surface area is 130 Å². The Balaban J connectivity index is 2.47. The molecule has 0 N–H and O–H groups in total. The minimum Gasteiger partial charge on any atom is -0.462 e. The molecule has 0 saturated heterocycles. The van der Waals surface area contributed by atoms with Gasteiger partial charge in [-0.25, -0.2) is 0 Å². The highest BCUT2D eigenvalue weighted by Crippen LogP contribution is 2.28. The molecule has 0 aromatic rings. The summed E-state index contributed by atoms with van der Waals surface area (Å²) in [5, 5.41) is 0. The maximum absolute atomic E-state index is 11.8. The average molecular weight is 296 g/mol. The third-order valence-corrected chi connectivity index (χ3v) is 3.97. The summed E-state index contributed by atoms with van der Waals surface area (Å²) >= 11 is 0. The second kappa shape index (κ2) is 7.98. The van der Waals surface area contributed by atoms with Gasteiger partial charge in [-0.15, -0.1) is 0 Å². The molecule has 0 aromatic heterocycles. The molecule has 1 fully saturated rings. The lowest BCUT2D eigenvalue weighted by Crippen LogP contribution is -2.37. The number of allylic oxidation sites excluding steroid dienone is 1. The van der Waals surface area contributed by atoms with Crippen LogP contribution in [0, 0.1) is 11.8 Å². The van der Waals surface area contributed by atoms with Crippen molar-refractivity contribution >= 4 is 5.97 Å². The molecule has 3 nitrogen and oxygen atoms in total. The maximum atomic E-state index is 11.8. The first kappa shape index (κ1) is 18.2. The topological polar surface area (TPSA) is 35.5 Å². The van der Waals surface area contributed by atoms with Gasteiger partial charge in [0.05, 0.1) is 17.6 Å². The van der Waals surface area contributed by atoms with Gasteiger partial charge < -0.3 is 9.47 Å². The lowest BCUT2D eigenvalue weighted by Gasteiger charge is -2.31. The second-order valence-corrected chi connectivity index (χ2v) is 7.09. The predicted octanol–water partition coefficient (Wildman–Crippen LogP) is 4.51. The van der Waals surface area contributed by atoms with Crippen molar-refractivity contribution in [2.45, 2.75) is 78.9 Å². The van der Waals surface area contributed by atoms with Crippen molar-refractivity contribution in [3.05, 3.63) is 11.6 Å². The van der Waals surface area contributed by atoms with E-state index in [0.717, 1.165) is 25.7 Å². The van der Waals surface area contributed by atoms with Crippen LogP contribution in [0.15, 0.2) is 11.6 Å². The van der Waals surface area contributed by atoms with Crippen LogP contribution in [0.1, 0.15) is 67.2 Å². The molecule has 0 unspecified atom stereocenters. The Morgan fingerprint density at radius 1 is 1.29 bits per heavy atom.